The molecule has 0 spiro atoms. The molecular weight excluding hydrogens is 270 g/mol. The minimum Gasteiger partial charge on any atom is -0.477 e. The SMILES string of the molecule is Cc1c(N)cccc1C(=O)NCc1ccc(C(=O)O)nc1. The summed E-state index contributed by atoms with van der Waals surface area (Å²) in [5, 5.41) is 11.5. The summed E-state index contributed by atoms with van der Waals surface area (Å²) < 4.78 is 0. The second-order valence-corrected chi connectivity index (χ2v) is 4.56. The number of aromatic carboxylic acids is 1. The lowest BCUT2D eigenvalue weighted by Gasteiger charge is -2.09. The first-order chi connectivity index (χ1) is 9.99. The van der Waals surface area contributed by atoms with E-state index in [1.807, 2.05) is 0 Å². The Hall–Kier alpha value is -2.89. The Morgan fingerprint density at radius 1 is 1.29 bits per heavy atom. The molecule has 108 valence electrons. The van der Waals surface area contributed by atoms with Gasteiger partial charge in [-0.25, -0.2) is 9.78 Å². The van der Waals surface area contributed by atoms with Crippen LogP contribution in [0.1, 0.15) is 32.0 Å². The van der Waals surface area contributed by atoms with Gasteiger partial charge in [0.1, 0.15) is 5.69 Å². The zero-order valence-corrected chi connectivity index (χ0v) is 11.5. The Bertz CT molecular complexity index is 681. The molecule has 1 aromatic carbocycles. The molecule has 0 saturated heterocycles. The van der Waals surface area contributed by atoms with Gasteiger partial charge < -0.3 is 16.2 Å². The van der Waals surface area contributed by atoms with E-state index in [-0.39, 0.29) is 18.1 Å². The van der Waals surface area contributed by atoms with Crippen LogP contribution >= 0.6 is 0 Å². The highest BCUT2D eigenvalue weighted by atomic mass is 16.4. The maximum absolute atomic E-state index is 12.1. The summed E-state index contributed by atoms with van der Waals surface area (Å²) in [6.45, 7) is 2.05. The number of anilines is 1. The van der Waals surface area contributed by atoms with Crippen molar-refractivity contribution in [3.05, 3.63) is 58.9 Å². The molecule has 0 bridgehead atoms. The highest BCUT2D eigenvalue weighted by Crippen LogP contribution is 2.15. The molecule has 2 rings (SSSR count). The molecule has 6 heteroatoms. The first kappa shape index (κ1) is 14.5. The molecule has 0 aliphatic rings. The average Bonchev–Trinajstić information content (AvgIpc) is 2.48. The van der Waals surface area contributed by atoms with Crippen LogP contribution in [-0.2, 0) is 6.54 Å². The number of rotatable bonds is 4. The number of carbonyl (C=O) groups excluding carboxylic acids is 1. The van der Waals surface area contributed by atoms with E-state index in [4.69, 9.17) is 10.8 Å². The zero-order valence-electron chi connectivity index (χ0n) is 11.5. The smallest absolute Gasteiger partial charge is 0.354 e. The second kappa shape index (κ2) is 6.04. The number of amides is 1. The fraction of sp³-hybridized carbons (Fsp3) is 0.133. The number of hydrogen-bond acceptors (Lipinski definition) is 4. The van der Waals surface area contributed by atoms with Gasteiger partial charge in [0.05, 0.1) is 0 Å². The van der Waals surface area contributed by atoms with Crippen LogP contribution in [0.3, 0.4) is 0 Å². The highest BCUT2D eigenvalue weighted by Gasteiger charge is 2.10. The minimum atomic E-state index is -1.08. The van der Waals surface area contributed by atoms with Gasteiger partial charge in [0, 0.05) is 24.0 Å². The van der Waals surface area contributed by atoms with Crippen molar-refractivity contribution in [3.63, 3.8) is 0 Å². The first-order valence-electron chi connectivity index (χ1n) is 6.30. The predicted molar refractivity (Wildman–Crippen MR) is 78.0 cm³/mol. The summed E-state index contributed by atoms with van der Waals surface area (Å²) in [7, 11) is 0. The summed E-state index contributed by atoms with van der Waals surface area (Å²) in [6.07, 6.45) is 1.43. The molecule has 0 radical (unpaired) electrons. The fourth-order valence-electron chi connectivity index (χ4n) is 1.83. The Morgan fingerprint density at radius 3 is 2.67 bits per heavy atom. The third-order valence-corrected chi connectivity index (χ3v) is 3.12. The highest BCUT2D eigenvalue weighted by molar-refractivity contribution is 5.96. The topological polar surface area (TPSA) is 105 Å². The normalized spacial score (nSPS) is 10.1. The summed E-state index contributed by atoms with van der Waals surface area (Å²) in [6, 6.07) is 8.17. The van der Waals surface area contributed by atoms with Crippen LogP contribution < -0.4 is 11.1 Å². The van der Waals surface area contributed by atoms with E-state index in [0.717, 1.165) is 11.1 Å². The molecule has 0 fully saturated rings. The molecule has 0 aliphatic heterocycles. The molecule has 0 unspecified atom stereocenters. The van der Waals surface area contributed by atoms with Crippen LogP contribution in [0.4, 0.5) is 5.69 Å². The number of hydrogen-bond donors (Lipinski definition) is 3. The maximum atomic E-state index is 12.1. The van der Waals surface area contributed by atoms with Crippen molar-refractivity contribution < 1.29 is 14.7 Å². The quantitative estimate of drug-likeness (QED) is 0.740. The summed E-state index contributed by atoms with van der Waals surface area (Å²) in [5.74, 6) is -1.32. The molecule has 1 amide bonds. The van der Waals surface area contributed by atoms with Crippen molar-refractivity contribution in [1.29, 1.82) is 0 Å². The molecule has 0 atom stereocenters. The molecule has 1 aromatic heterocycles. The van der Waals surface area contributed by atoms with E-state index in [1.165, 1.54) is 12.3 Å². The number of pyridine rings is 1. The number of nitrogen functional groups attached to an aromatic ring is 1. The number of carboxylic acids is 1. The van der Waals surface area contributed by atoms with Gasteiger partial charge in [-0.15, -0.1) is 0 Å². The van der Waals surface area contributed by atoms with E-state index in [1.54, 1.807) is 31.2 Å². The van der Waals surface area contributed by atoms with Crippen molar-refractivity contribution in [2.45, 2.75) is 13.5 Å². The maximum Gasteiger partial charge on any atom is 0.354 e. The summed E-state index contributed by atoms with van der Waals surface area (Å²) >= 11 is 0. The molecule has 6 nitrogen and oxygen atoms in total. The van der Waals surface area contributed by atoms with Crippen molar-refractivity contribution in [1.82, 2.24) is 10.3 Å². The Kier molecular flexibility index (Phi) is 4.18. The summed E-state index contributed by atoms with van der Waals surface area (Å²) in [5.41, 5.74) is 8.27. The Balaban J connectivity index is 2.04. The molecule has 1 heterocycles. The van der Waals surface area contributed by atoms with Crippen molar-refractivity contribution in [3.8, 4) is 0 Å². The van der Waals surface area contributed by atoms with Crippen molar-refractivity contribution >= 4 is 17.6 Å². The molecule has 21 heavy (non-hydrogen) atoms. The van der Waals surface area contributed by atoms with Crippen molar-refractivity contribution in [2.24, 2.45) is 0 Å². The molecule has 0 saturated carbocycles. The standard InChI is InChI=1S/C15H15N3O3/c1-9-11(3-2-4-12(9)16)14(19)18-8-10-5-6-13(15(20)21)17-7-10/h2-7H,8,16H2,1H3,(H,18,19)(H,20,21). The van der Waals surface area contributed by atoms with Gasteiger partial charge >= 0.3 is 5.97 Å². The monoisotopic (exact) mass is 285 g/mol. The van der Waals surface area contributed by atoms with E-state index in [9.17, 15) is 9.59 Å². The first-order valence-corrected chi connectivity index (χ1v) is 6.30. The van der Waals surface area contributed by atoms with Crippen LogP contribution in [0.25, 0.3) is 0 Å². The molecular formula is C15H15N3O3. The van der Waals surface area contributed by atoms with E-state index < -0.39 is 5.97 Å². The van der Waals surface area contributed by atoms with Crippen LogP contribution in [0.15, 0.2) is 36.5 Å². The lowest BCUT2D eigenvalue weighted by Crippen LogP contribution is -2.24. The average molecular weight is 285 g/mol. The lowest BCUT2D eigenvalue weighted by atomic mass is 10.1. The van der Waals surface area contributed by atoms with Gasteiger partial charge in [-0.2, -0.15) is 0 Å². The number of nitrogens with one attached hydrogen (secondary N) is 1. The van der Waals surface area contributed by atoms with E-state index in [0.29, 0.717) is 11.3 Å². The number of carboxylic acid groups (broad SMARTS) is 1. The zero-order chi connectivity index (χ0) is 15.4. The van der Waals surface area contributed by atoms with Gasteiger partial charge in [0.15, 0.2) is 0 Å². The van der Waals surface area contributed by atoms with Crippen LogP contribution in [0, 0.1) is 6.92 Å². The van der Waals surface area contributed by atoms with Crippen molar-refractivity contribution in [2.75, 3.05) is 5.73 Å². The van der Waals surface area contributed by atoms with Crippen LogP contribution in [0.2, 0.25) is 0 Å². The Labute approximate surface area is 121 Å². The van der Waals surface area contributed by atoms with Gasteiger partial charge in [0.2, 0.25) is 0 Å². The van der Waals surface area contributed by atoms with Crippen LogP contribution in [-0.4, -0.2) is 22.0 Å². The largest absolute Gasteiger partial charge is 0.477 e. The lowest BCUT2D eigenvalue weighted by molar-refractivity contribution is 0.0690. The Morgan fingerprint density at radius 2 is 2.05 bits per heavy atom. The molecule has 2 aromatic rings. The van der Waals surface area contributed by atoms with Gasteiger partial charge in [-0.1, -0.05) is 12.1 Å². The van der Waals surface area contributed by atoms with Gasteiger partial charge in [0.25, 0.3) is 5.91 Å². The molecule has 0 aliphatic carbocycles. The van der Waals surface area contributed by atoms with E-state index >= 15 is 0 Å². The predicted octanol–water partition coefficient (Wildman–Crippen LogP) is 1.60. The second-order valence-electron chi connectivity index (χ2n) is 4.56. The third kappa shape index (κ3) is 3.36. The van der Waals surface area contributed by atoms with Gasteiger partial charge in [-0.3, -0.25) is 4.79 Å². The molecule has 4 N–H and O–H groups in total. The van der Waals surface area contributed by atoms with Gasteiger partial charge in [-0.05, 0) is 36.2 Å². The number of nitrogens with two attached hydrogens (primary N) is 1. The summed E-state index contributed by atoms with van der Waals surface area (Å²) in [4.78, 5) is 26.6. The van der Waals surface area contributed by atoms with E-state index in [2.05, 4.69) is 10.3 Å². The fourth-order valence-corrected chi connectivity index (χ4v) is 1.83. The third-order valence-electron chi connectivity index (χ3n) is 3.12. The number of nitrogens with zero attached hydrogens (tertiary/aromatic N) is 1. The minimum absolute atomic E-state index is 0.0308. The number of aromatic nitrogens is 1. The number of carbonyl (C=O) groups is 2. The van der Waals surface area contributed by atoms with Crippen LogP contribution in [0.5, 0.6) is 0 Å². The number of benzene rings is 1.